The highest BCUT2D eigenvalue weighted by molar-refractivity contribution is 5.89. The van der Waals surface area contributed by atoms with Crippen molar-refractivity contribution in [2.45, 2.75) is 51.5 Å². The summed E-state index contributed by atoms with van der Waals surface area (Å²) in [6, 6.07) is 9.14. The van der Waals surface area contributed by atoms with Crippen molar-refractivity contribution in [2.24, 2.45) is 0 Å². The number of aromatic nitrogens is 2. The molecule has 2 aromatic heterocycles. The molecule has 0 radical (unpaired) electrons. The number of aryl methyl sites for hydroxylation is 1. The van der Waals surface area contributed by atoms with Crippen molar-refractivity contribution in [3.05, 3.63) is 59.6 Å². The molecule has 3 N–H and O–H groups in total. The van der Waals surface area contributed by atoms with Crippen molar-refractivity contribution in [2.75, 3.05) is 11.9 Å². The smallest absolute Gasteiger partial charge is 0.103 e. The number of nitriles is 1. The number of benzene rings is 1. The molecule has 1 aliphatic carbocycles. The van der Waals surface area contributed by atoms with Crippen molar-refractivity contribution in [3.63, 3.8) is 0 Å². The topological polar surface area (TPSA) is 76.5 Å². The van der Waals surface area contributed by atoms with Gasteiger partial charge < -0.3 is 15.6 Å². The molecule has 0 atom stereocenters. The Labute approximate surface area is 178 Å². The van der Waals surface area contributed by atoms with Gasteiger partial charge in [-0.1, -0.05) is 31.4 Å². The summed E-state index contributed by atoms with van der Waals surface area (Å²) in [5.41, 5.74) is 5.55. The van der Waals surface area contributed by atoms with Gasteiger partial charge in [-0.05, 0) is 56.5 Å². The molecule has 2 heterocycles. The molecule has 1 fully saturated rings. The summed E-state index contributed by atoms with van der Waals surface area (Å²) in [4.78, 5) is 7.50. The highest BCUT2D eigenvalue weighted by Crippen LogP contribution is 2.30. The van der Waals surface area contributed by atoms with Crippen LogP contribution in [0.2, 0.25) is 0 Å². The number of aromatic amines is 1. The van der Waals surface area contributed by atoms with Crippen LogP contribution in [-0.4, -0.2) is 22.6 Å². The van der Waals surface area contributed by atoms with E-state index < -0.39 is 0 Å². The number of hydrogen-bond acceptors (Lipinski definition) is 4. The molecule has 5 heteroatoms. The lowest BCUT2D eigenvalue weighted by molar-refractivity contribution is 0.376. The molecule has 0 spiro atoms. The van der Waals surface area contributed by atoms with Crippen molar-refractivity contribution in [1.29, 1.82) is 5.26 Å². The zero-order valence-corrected chi connectivity index (χ0v) is 17.5. The predicted octanol–water partition coefficient (Wildman–Crippen LogP) is 5.81. The fraction of sp³-hybridized carbons (Fsp3) is 0.360. The van der Waals surface area contributed by atoms with Gasteiger partial charge in [-0.2, -0.15) is 5.26 Å². The van der Waals surface area contributed by atoms with Crippen LogP contribution >= 0.6 is 0 Å². The van der Waals surface area contributed by atoms with Crippen molar-refractivity contribution in [1.82, 2.24) is 15.3 Å². The van der Waals surface area contributed by atoms with E-state index in [0.717, 1.165) is 41.0 Å². The van der Waals surface area contributed by atoms with Gasteiger partial charge in [0.2, 0.25) is 0 Å². The standard InChI is InChI=1S/C25H29N5/c1-18-22-12-14-29-24(22)11-10-23(18)30-25-19(16-27-17-20(25)15-26)7-5-6-13-28-21-8-3-2-4-9-21/h5,7,10-12,14,16-17,21,28-29H,2-4,6,8-9,13H2,1H3,(H,27,30)/b7-5+. The van der Waals surface area contributed by atoms with Crippen LogP contribution in [0.15, 0.2) is 42.9 Å². The van der Waals surface area contributed by atoms with E-state index in [0.29, 0.717) is 11.6 Å². The Morgan fingerprint density at radius 1 is 1.20 bits per heavy atom. The Kier molecular flexibility index (Phi) is 6.46. The summed E-state index contributed by atoms with van der Waals surface area (Å²) < 4.78 is 0. The van der Waals surface area contributed by atoms with E-state index in [1.807, 2.05) is 12.4 Å². The molecule has 5 nitrogen and oxygen atoms in total. The Hall–Kier alpha value is -3.10. The van der Waals surface area contributed by atoms with Crippen LogP contribution in [0.3, 0.4) is 0 Å². The maximum atomic E-state index is 9.61. The maximum Gasteiger partial charge on any atom is 0.103 e. The Bertz CT molecular complexity index is 1070. The molecule has 30 heavy (non-hydrogen) atoms. The molecular formula is C25H29N5. The van der Waals surface area contributed by atoms with Gasteiger partial charge in [-0.3, -0.25) is 4.98 Å². The Morgan fingerprint density at radius 2 is 2.07 bits per heavy atom. The van der Waals surface area contributed by atoms with Gasteiger partial charge in [-0.15, -0.1) is 0 Å². The molecule has 0 saturated heterocycles. The number of anilines is 2. The summed E-state index contributed by atoms with van der Waals surface area (Å²) in [5.74, 6) is 0. The van der Waals surface area contributed by atoms with Gasteiger partial charge in [-0.25, -0.2) is 0 Å². The summed E-state index contributed by atoms with van der Waals surface area (Å²) >= 11 is 0. The zero-order chi connectivity index (χ0) is 20.8. The summed E-state index contributed by atoms with van der Waals surface area (Å²) in [6.45, 7) is 3.08. The van der Waals surface area contributed by atoms with E-state index in [-0.39, 0.29) is 0 Å². The molecule has 1 saturated carbocycles. The highest BCUT2D eigenvalue weighted by atomic mass is 14.9. The average Bonchev–Trinajstić information content (AvgIpc) is 3.26. The van der Waals surface area contributed by atoms with Crippen molar-refractivity contribution >= 4 is 28.4 Å². The van der Waals surface area contributed by atoms with E-state index in [9.17, 15) is 5.26 Å². The van der Waals surface area contributed by atoms with Gasteiger partial charge in [0.1, 0.15) is 6.07 Å². The molecule has 3 aromatic rings. The third kappa shape index (κ3) is 4.55. The largest absolute Gasteiger partial charge is 0.361 e. The first-order valence-electron chi connectivity index (χ1n) is 10.9. The number of hydrogen-bond donors (Lipinski definition) is 3. The highest BCUT2D eigenvalue weighted by Gasteiger charge is 2.12. The second-order valence-corrected chi connectivity index (χ2v) is 8.05. The van der Waals surface area contributed by atoms with Crippen LogP contribution in [0, 0.1) is 18.3 Å². The minimum atomic E-state index is 0.547. The summed E-state index contributed by atoms with van der Waals surface area (Å²) in [6.07, 6.45) is 17.3. The van der Waals surface area contributed by atoms with Crippen LogP contribution in [0.1, 0.15) is 55.2 Å². The van der Waals surface area contributed by atoms with Crippen LogP contribution in [-0.2, 0) is 0 Å². The van der Waals surface area contributed by atoms with E-state index in [2.05, 4.69) is 63.9 Å². The van der Waals surface area contributed by atoms with Gasteiger partial charge >= 0.3 is 0 Å². The molecule has 154 valence electrons. The number of pyridine rings is 1. The third-order valence-electron chi connectivity index (χ3n) is 6.01. The zero-order valence-electron chi connectivity index (χ0n) is 17.5. The van der Waals surface area contributed by atoms with Crippen LogP contribution in [0.25, 0.3) is 17.0 Å². The average molecular weight is 400 g/mol. The molecule has 0 bridgehead atoms. The van der Waals surface area contributed by atoms with Crippen LogP contribution < -0.4 is 10.6 Å². The van der Waals surface area contributed by atoms with E-state index in [4.69, 9.17) is 0 Å². The van der Waals surface area contributed by atoms with Gasteiger partial charge in [0.25, 0.3) is 0 Å². The first-order chi connectivity index (χ1) is 14.8. The number of nitrogens with zero attached hydrogens (tertiary/aromatic N) is 2. The van der Waals surface area contributed by atoms with Gasteiger partial charge in [0, 0.05) is 46.8 Å². The Morgan fingerprint density at radius 3 is 2.90 bits per heavy atom. The summed E-state index contributed by atoms with van der Waals surface area (Å²) in [5, 5.41) is 18.0. The van der Waals surface area contributed by atoms with Crippen LogP contribution in [0.4, 0.5) is 11.4 Å². The number of nitrogens with one attached hydrogen (secondary N) is 3. The number of fused-ring (bicyclic) bond motifs is 1. The minimum Gasteiger partial charge on any atom is -0.361 e. The summed E-state index contributed by atoms with van der Waals surface area (Å²) in [7, 11) is 0. The molecule has 4 rings (SSSR count). The van der Waals surface area contributed by atoms with Gasteiger partial charge in [0.05, 0.1) is 11.3 Å². The third-order valence-corrected chi connectivity index (χ3v) is 6.01. The fourth-order valence-corrected chi connectivity index (χ4v) is 4.27. The maximum absolute atomic E-state index is 9.61. The first kappa shape index (κ1) is 20.2. The predicted molar refractivity (Wildman–Crippen MR) is 124 cm³/mol. The molecule has 1 aromatic carbocycles. The lowest BCUT2D eigenvalue weighted by Gasteiger charge is -2.22. The first-order valence-corrected chi connectivity index (χ1v) is 10.9. The molecular weight excluding hydrogens is 370 g/mol. The molecule has 0 aliphatic heterocycles. The van der Waals surface area contributed by atoms with Crippen molar-refractivity contribution < 1.29 is 0 Å². The molecule has 0 amide bonds. The number of H-pyrrole nitrogens is 1. The lowest BCUT2D eigenvalue weighted by atomic mass is 9.95. The van der Waals surface area contributed by atoms with E-state index in [1.165, 1.54) is 37.5 Å². The van der Waals surface area contributed by atoms with Gasteiger partial charge in [0.15, 0.2) is 0 Å². The lowest BCUT2D eigenvalue weighted by Crippen LogP contribution is -2.31. The van der Waals surface area contributed by atoms with E-state index in [1.54, 1.807) is 6.20 Å². The number of rotatable bonds is 7. The second kappa shape index (κ2) is 9.60. The monoisotopic (exact) mass is 399 g/mol. The normalized spacial score (nSPS) is 14.9. The second-order valence-electron chi connectivity index (χ2n) is 8.05. The fourth-order valence-electron chi connectivity index (χ4n) is 4.27. The van der Waals surface area contributed by atoms with E-state index >= 15 is 0 Å². The quantitative estimate of drug-likeness (QED) is 0.438. The SMILES string of the molecule is Cc1c(Nc2c(C#N)cncc2/C=C/CCNC2CCCCC2)ccc2[nH]ccc12. The molecule has 0 unspecified atom stereocenters. The molecule has 1 aliphatic rings. The Balaban J connectivity index is 1.48. The van der Waals surface area contributed by atoms with Crippen molar-refractivity contribution in [3.8, 4) is 6.07 Å². The minimum absolute atomic E-state index is 0.547. The van der Waals surface area contributed by atoms with Crippen LogP contribution in [0.5, 0.6) is 0 Å².